The van der Waals surface area contributed by atoms with E-state index in [4.69, 9.17) is 0 Å². The van der Waals surface area contributed by atoms with E-state index in [1.165, 1.54) is 5.56 Å². The van der Waals surface area contributed by atoms with Crippen molar-refractivity contribution in [2.45, 2.75) is 26.8 Å². The molecule has 1 aromatic heterocycles. The number of carbonyl (C=O) groups is 1. The highest BCUT2D eigenvalue weighted by Crippen LogP contribution is 2.12. The molecule has 0 radical (unpaired) electrons. The van der Waals surface area contributed by atoms with Crippen molar-refractivity contribution in [2.24, 2.45) is 0 Å². The van der Waals surface area contributed by atoms with Gasteiger partial charge in [0.25, 0.3) is 5.91 Å². The number of amides is 1. The molecular formula is C23H26N4O. The van der Waals surface area contributed by atoms with Gasteiger partial charge >= 0.3 is 0 Å². The molecule has 28 heavy (non-hydrogen) atoms. The Morgan fingerprint density at radius 3 is 2.25 bits per heavy atom. The van der Waals surface area contributed by atoms with Crippen LogP contribution in [0.5, 0.6) is 0 Å². The Kier molecular flexibility index (Phi) is 6.73. The van der Waals surface area contributed by atoms with E-state index in [9.17, 15) is 4.79 Å². The third kappa shape index (κ3) is 5.39. The van der Waals surface area contributed by atoms with Crippen LogP contribution in [0.1, 0.15) is 34.2 Å². The van der Waals surface area contributed by atoms with E-state index in [2.05, 4.69) is 27.4 Å². The average Bonchev–Trinajstić information content (AvgIpc) is 2.72. The average molecular weight is 374 g/mol. The predicted octanol–water partition coefficient (Wildman–Crippen LogP) is 4.10. The van der Waals surface area contributed by atoms with Gasteiger partial charge in [-0.3, -0.25) is 4.79 Å². The summed E-state index contributed by atoms with van der Waals surface area (Å²) < 4.78 is 0. The van der Waals surface area contributed by atoms with Crippen LogP contribution in [0.2, 0.25) is 0 Å². The molecule has 0 aliphatic rings. The van der Waals surface area contributed by atoms with E-state index < -0.39 is 0 Å². The molecule has 5 nitrogen and oxygen atoms in total. The summed E-state index contributed by atoms with van der Waals surface area (Å²) in [6, 6.07) is 22.0. The van der Waals surface area contributed by atoms with E-state index in [1.54, 1.807) is 11.0 Å². The maximum Gasteiger partial charge on any atom is 0.272 e. The highest BCUT2D eigenvalue weighted by Gasteiger charge is 2.17. The lowest BCUT2D eigenvalue weighted by molar-refractivity contribution is 0.0746. The molecule has 144 valence electrons. The Balaban J connectivity index is 1.67. The molecule has 0 saturated heterocycles. The summed E-state index contributed by atoms with van der Waals surface area (Å²) in [6.45, 7) is 5.76. The van der Waals surface area contributed by atoms with Crippen LogP contribution in [0, 0.1) is 6.92 Å². The van der Waals surface area contributed by atoms with Gasteiger partial charge in [0.2, 0.25) is 5.95 Å². The van der Waals surface area contributed by atoms with Crippen LogP contribution in [0.15, 0.2) is 66.7 Å². The zero-order chi connectivity index (χ0) is 19.8. The predicted molar refractivity (Wildman–Crippen MR) is 112 cm³/mol. The smallest absolute Gasteiger partial charge is 0.272 e. The Morgan fingerprint density at radius 2 is 1.61 bits per heavy atom. The number of nitrogens with zero attached hydrogens (tertiary/aromatic N) is 3. The number of aromatic nitrogens is 2. The van der Waals surface area contributed by atoms with Gasteiger partial charge < -0.3 is 10.2 Å². The summed E-state index contributed by atoms with van der Waals surface area (Å²) in [5.74, 6) is 0.415. The SMILES string of the molecule is CCN(Cc1ccccc1)C(=O)c1cc(C)nc(NCCc2ccccc2)n1. The van der Waals surface area contributed by atoms with Crippen LogP contribution in [-0.4, -0.2) is 33.9 Å². The third-order valence-corrected chi connectivity index (χ3v) is 4.50. The Hall–Kier alpha value is -3.21. The second-order valence-corrected chi connectivity index (χ2v) is 6.69. The number of rotatable bonds is 8. The minimum absolute atomic E-state index is 0.0806. The van der Waals surface area contributed by atoms with Gasteiger partial charge in [0.1, 0.15) is 5.69 Å². The summed E-state index contributed by atoms with van der Waals surface area (Å²) in [5, 5.41) is 3.24. The maximum absolute atomic E-state index is 13.0. The maximum atomic E-state index is 13.0. The highest BCUT2D eigenvalue weighted by molar-refractivity contribution is 5.92. The Labute approximate surface area is 166 Å². The van der Waals surface area contributed by atoms with Gasteiger partial charge in [0, 0.05) is 25.3 Å². The molecule has 0 atom stereocenters. The first kappa shape index (κ1) is 19.5. The van der Waals surface area contributed by atoms with Crippen molar-refractivity contribution in [2.75, 3.05) is 18.4 Å². The number of hydrogen-bond donors (Lipinski definition) is 1. The van der Waals surface area contributed by atoms with Gasteiger partial charge in [-0.15, -0.1) is 0 Å². The van der Waals surface area contributed by atoms with Crippen molar-refractivity contribution in [3.05, 3.63) is 89.2 Å². The zero-order valence-corrected chi connectivity index (χ0v) is 16.4. The first-order chi connectivity index (χ1) is 13.7. The van der Waals surface area contributed by atoms with Crippen molar-refractivity contribution in [1.29, 1.82) is 0 Å². The van der Waals surface area contributed by atoms with Gasteiger partial charge in [-0.2, -0.15) is 0 Å². The second-order valence-electron chi connectivity index (χ2n) is 6.69. The zero-order valence-electron chi connectivity index (χ0n) is 16.4. The molecule has 1 heterocycles. The number of nitrogens with one attached hydrogen (secondary N) is 1. The van der Waals surface area contributed by atoms with Crippen LogP contribution in [-0.2, 0) is 13.0 Å². The van der Waals surface area contributed by atoms with E-state index in [0.717, 1.165) is 17.7 Å². The molecule has 3 aromatic rings. The summed E-state index contributed by atoms with van der Waals surface area (Å²) in [5.41, 5.74) is 3.55. The molecule has 1 N–H and O–H groups in total. The van der Waals surface area contributed by atoms with Gasteiger partial charge in [-0.05, 0) is 37.5 Å². The molecule has 0 saturated carbocycles. The molecule has 1 amide bonds. The van der Waals surface area contributed by atoms with Crippen molar-refractivity contribution in [3.8, 4) is 0 Å². The number of hydrogen-bond acceptors (Lipinski definition) is 4. The van der Waals surface area contributed by atoms with Crippen molar-refractivity contribution in [1.82, 2.24) is 14.9 Å². The molecular weight excluding hydrogens is 348 g/mol. The minimum atomic E-state index is -0.0806. The fraction of sp³-hybridized carbons (Fsp3) is 0.261. The monoisotopic (exact) mass is 374 g/mol. The highest BCUT2D eigenvalue weighted by atomic mass is 16.2. The number of benzene rings is 2. The quantitative estimate of drug-likeness (QED) is 0.645. The summed E-state index contributed by atoms with van der Waals surface area (Å²) >= 11 is 0. The van der Waals surface area contributed by atoms with Crippen molar-refractivity contribution < 1.29 is 4.79 Å². The number of carbonyl (C=O) groups excluding carboxylic acids is 1. The van der Waals surface area contributed by atoms with Gasteiger partial charge in [-0.1, -0.05) is 60.7 Å². The Morgan fingerprint density at radius 1 is 0.964 bits per heavy atom. The van der Waals surface area contributed by atoms with E-state index in [1.807, 2.05) is 62.4 Å². The number of aryl methyl sites for hydroxylation is 1. The molecule has 5 heteroatoms. The molecule has 0 aliphatic carbocycles. The summed E-state index contributed by atoms with van der Waals surface area (Å²) in [4.78, 5) is 23.7. The lowest BCUT2D eigenvalue weighted by Crippen LogP contribution is -2.31. The van der Waals surface area contributed by atoms with Gasteiger partial charge in [0.15, 0.2) is 0 Å². The Bertz CT molecular complexity index is 897. The first-order valence-electron chi connectivity index (χ1n) is 9.62. The van der Waals surface area contributed by atoms with E-state index >= 15 is 0 Å². The molecule has 0 bridgehead atoms. The third-order valence-electron chi connectivity index (χ3n) is 4.50. The summed E-state index contributed by atoms with van der Waals surface area (Å²) in [7, 11) is 0. The molecule has 0 unspecified atom stereocenters. The second kappa shape index (κ2) is 9.65. The largest absolute Gasteiger partial charge is 0.354 e. The van der Waals surface area contributed by atoms with Gasteiger partial charge in [0.05, 0.1) is 0 Å². The molecule has 2 aromatic carbocycles. The molecule has 0 aliphatic heterocycles. The van der Waals surface area contributed by atoms with Crippen molar-refractivity contribution in [3.63, 3.8) is 0 Å². The first-order valence-corrected chi connectivity index (χ1v) is 9.62. The fourth-order valence-electron chi connectivity index (χ4n) is 3.01. The van der Waals surface area contributed by atoms with Crippen LogP contribution in [0.3, 0.4) is 0 Å². The number of anilines is 1. The van der Waals surface area contributed by atoms with Gasteiger partial charge in [-0.25, -0.2) is 9.97 Å². The minimum Gasteiger partial charge on any atom is -0.354 e. The molecule has 0 spiro atoms. The normalized spacial score (nSPS) is 10.5. The van der Waals surface area contributed by atoms with Crippen LogP contribution in [0.4, 0.5) is 5.95 Å². The molecule has 3 rings (SSSR count). The van der Waals surface area contributed by atoms with Crippen molar-refractivity contribution >= 4 is 11.9 Å². The van der Waals surface area contributed by atoms with E-state index in [-0.39, 0.29) is 5.91 Å². The van der Waals surface area contributed by atoms with Crippen LogP contribution in [0.25, 0.3) is 0 Å². The standard InChI is InChI=1S/C23H26N4O/c1-3-27(17-20-12-8-5-9-13-20)22(28)21-16-18(2)25-23(26-21)24-15-14-19-10-6-4-7-11-19/h4-13,16H,3,14-15,17H2,1-2H3,(H,24,25,26). The summed E-state index contributed by atoms with van der Waals surface area (Å²) in [6.07, 6.45) is 0.872. The molecule has 0 fully saturated rings. The van der Waals surface area contributed by atoms with E-state index in [0.29, 0.717) is 31.3 Å². The lowest BCUT2D eigenvalue weighted by Gasteiger charge is -2.21. The fourth-order valence-corrected chi connectivity index (χ4v) is 3.01. The van der Waals surface area contributed by atoms with Crippen LogP contribution >= 0.6 is 0 Å². The lowest BCUT2D eigenvalue weighted by atomic mass is 10.1. The van der Waals surface area contributed by atoms with Crippen LogP contribution < -0.4 is 5.32 Å². The topological polar surface area (TPSA) is 58.1 Å².